The van der Waals surface area contributed by atoms with Crippen molar-refractivity contribution in [1.29, 1.82) is 5.26 Å². The second-order valence-electron chi connectivity index (χ2n) is 8.01. The lowest BCUT2D eigenvalue weighted by molar-refractivity contribution is 0.0524. The highest BCUT2D eigenvalue weighted by atomic mass is 19.1. The molecule has 1 saturated carbocycles. The fourth-order valence-corrected chi connectivity index (χ4v) is 4.01. The number of hydrogen-bond donors (Lipinski definition) is 1. The number of ether oxygens (including phenoxy) is 1. The number of aromatic amines is 1. The van der Waals surface area contributed by atoms with E-state index in [-0.39, 0.29) is 35.0 Å². The molecule has 2 aromatic heterocycles. The number of aromatic nitrogens is 3. The van der Waals surface area contributed by atoms with E-state index < -0.39 is 23.2 Å². The van der Waals surface area contributed by atoms with Crippen LogP contribution in [0, 0.1) is 23.0 Å². The van der Waals surface area contributed by atoms with Crippen molar-refractivity contribution in [3.05, 3.63) is 81.3 Å². The molecule has 0 spiro atoms. The maximum atomic E-state index is 14.8. The van der Waals surface area contributed by atoms with Crippen LogP contribution in [0.4, 0.5) is 8.78 Å². The Balaban J connectivity index is 1.86. The molecule has 0 bridgehead atoms. The lowest BCUT2D eigenvalue weighted by Gasteiger charge is -2.10. The number of fused-ring (bicyclic) bond motifs is 1. The molecule has 1 fully saturated rings. The van der Waals surface area contributed by atoms with Crippen molar-refractivity contribution < 1.29 is 18.3 Å². The van der Waals surface area contributed by atoms with Gasteiger partial charge in [0.1, 0.15) is 11.6 Å². The standard InChI is InChI=1S/C25H18F2N4O3/c1-2-34-25(33)20-21(14-5-3-13(12-28)4-6-14)29-23-19(17-10-9-16(26)11-18(17)27)22(15-7-8-15)30-31(23)24(20)32/h3-6,9-11,15,30H,2,7-8H2,1H3. The Labute approximate surface area is 192 Å². The van der Waals surface area contributed by atoms with Crippen LogP contribution in [-0.2, 0) is 4.74 Å². The van der Waals surface area contributed by atoms with Crippen LogP contribution in [-0.4, -0.2) is 27.2 Å². The summed E-state index contributed by atoms with van der Waals surface area (Å²) in [5.41, 5.74) is 1.06. The Morgan fingerprint density at radius 1 is 1.24 bits per heavy atom. The number of benzene rings is 2. The molecular formula is C25H18F2N4O3. The van der Waals surface area contributed by atoms with E-state index in [2.05, 4.69) is 10.1 Å². The van der Waals surface area contributed by atoms with Crippen molar-refractivity contribution in [3.8, 4) is 28.5 Å². The van der Waals surface area contributed by atoms with E-state index in [0.717, 1.165) is 29.5 Å². The molecule has 5 rings (SSSR count). The minimum absolute atomic E-state index is 0.0535. The van der Waals surface area contributed by atoms with Gasteiger partial charge in [0, 0.05) is 28.8 Å². The lowest BCUT2D eigenvalue weighted by atomic mass is 10.0. The molecule has 2 heterocycles. The Morgan fingerprint density at radius 2 is 1.97 bits per heavy atom. The summed E-state index contributed by atoms with van der Waals surface area (Å²) < 4.78 is 34.7. The normalized spacial score (nSPS) is 13.1. The molecule has 34 heavy (non-hydrogen) atoms. The van der Waals surface area contributed by atoms with Gasteiger partial charge in [-0.3, -0.25) is 9.89 Å². The maximum Gasteiger partial charge on any atom is 0.346 e. The van der Waals surface area contributed by atoms with Gasteiger partial charge in [-0.1, -0.05) is 12.1 Å². The second kappa shape index (κ2) is 8.23. The van der Waals surface area contributed by atoms with E-state index in [1.54, 1.807) is 31.2 Å². The van der Waals surface area contributed by atoms with Crippen LogP contribution in [0.2, 0.25) is 0 Å². The summed E-state index contributed by atoms with van der Waals surface area (Å²) in [4.78, 5) is 30.9. The average molecular weight is 460 g/mol. The number of halogens is 2. The van der Waals surface area contributed by atoms with E-state index >= 15 is 0 Å². The van der Waals surface area contributed by atoms with Gasteiger partial charge in [-0.25, -0.2) is 18.6 Å². The van der Waals surface area contributed by atoms with E-state index in [0.29, 0.717) is 22.4 Å². The Bertz CT molecular complexity index is 1540. The van der Waals surface area contributed by atoms with Crippen molar-refractivity contribution in [1.82, 2.24) is 14.6 Å². The quantitative estimate of drug-likeness (QED) is 0.440. The average Bonchev–Trinajstić information content (AvgIpc) is 3.60. The number of carbonyl (C=O) groups is 1. The number of esters is 1. The van der Waals surface area contributed by atoms with Gasteiger partial charge in [-0.2, -0.15) is 9.78 Å². The number of nitrogens with zero attached hydrogens (tertiary/aromatic N) is 3. The van der Waals surface area contributed by atoms with Crippen molar-refractivity contribution in [2.45, 2.75) is 25.7 Å². The van der Waals surface area contributed by atoms with E-state index in [4.69, 9.17) is 10.00 Å². The molecule has 0 saturated heterocycles. The first-order valence-electron chi connectivity index (χ1n) is 10.7. The minimum atomic E-state index is -0.842. The second-order valence-corrected chi connectivity index (χ2v) is 8.01. The molecule has 1 aliphatic carbocycles. The predicted molar refractivity (Wildman–Crippen MR) is 119 cm³/mol. The molecule has 4 aromatic rings. The van der Waals surface area contributed by atoms with Gasteiger partial charge in [0.2, 0.25) is 0 Å². The number of nitriles is 1. The Morgan fingerprint density at radius 3 is 2.59 bits per heavy atom. The highest BCUT2D eigenvalue weighted by Crippen LogP contribution is 2.45. The molecular weight excluding hydrogens is 442 g/mol. The zero-order valence-electron chi connectivity index (χ0n) is 18.1. The third kappa shape index (κ3) is 3.53. The highest BCUT2D eigenvalue weighted by Gasteiger charge is 2.33. The first-order valence-corrected chi connectivity index (χ1v) is 10.7. The molecule has 0 atom stereocenters. The zero-order valence-corrected chi connectivity index (χ0v) is 18.1. The van der Waals surface area contributed by atoms with Crippen LogP contribution < -0.4 is 5.56 Å². The smallest absolute Gasteiger partial charge is 0.346 e. The summed E-state index contributed by atoms with van der Waals surface area (Å²) in [6, 6.07) is 11.5. The van der Waals surface area contributed by atoms with Crippen molar-refractivity contribution in [2.75, 3.05) is 6.61 Å². The molecule has 0 radical (unpaired) electrons. The molecule has 7 nitrogen and oxygen atoms in total. The highest BCUT2D eigenvalue weighted by molar-refractivity contribution is 5.97. The molecule has 170 valence electrons. The summed E-state index contributed by atoms with van der Waals surface area (Å²) in [6.45, 7) is 1.68. The Hall–Kier alpha value is -4.32. The van der Waals surface area contributed by atoms with Gasteiger partial charge >= 0.3 is 5.97 Å². The molecule has 1 N–H and O–H groups in total. The van der Waals surface area contributed by atoms with E-state index in [1.807, 2.05) is 6.07 Å². The first kappa shape index (κ1) is 21.5. The topological polar surface area (TPSA) is 100 Å². The van der Waals surface area contributed by atoms with Crippen LogP contribution in [0.15, 0.2) is 47.3 Å². The number of rotatable bonds is 5. The molecule has 2 aromatic carbocycles. The van der Waals surface area contributed by atoms with E-state index in [1.165, 1.54) is 6.07 Å². The number of carbonyl (C=O) groups excluding carboxylic acids is 1. The first-order chi connectivity index (χ1) is 16.4. The lowest BCUT2D eigenvalue weighted by Crippen LogP contribution is -2.26. The van der Waals surface area contributed by atoms with Crippen LogP contribution in [0.1, 0.15) is 47.3 Å². The summed E-state index contributed by atoms with van der Waals surface area (Å²) in [6.07, 6.45) is 1.68. The largest absolute Gasteiger partial charge is 0.462 e. The van der Waals surface area contributed by atoms with Gasteiger partial charge in [0.05, 0.1) is 29.5 Å². The van der Waals surface area contributed by atoms with E-state index in [9.17, 15) is 18.4 Å². The van der Waals surface area contributed by atoms with Gasteiger partial charge in [0.25, 0.3) is 5.56 Å². The van der Waals surface area contributed by atoms with Gasteiger partial charge in [-0.15, -0.1) is 0 Å². The summed E-state index contributed by atoms with van der Waals surface area (Å²) >= 11 is 0. The van der Waals surface area contributed by atoms with Crippen molar-refractivity contribution in [3.63, 3.8) is 0 Å². The minimum Gasteiger partial charge on any atom is -0.462 e. The van der Waals surface area contributed by atoms with Gasteiger partial charge < -0.3 is 4.74 Å². The third-order valence-electron chi connectivity index (χ3n) is 5.76. The number of nitrogens with one attached hydrogen (secondary N) is 1. The summed E-state index contributed by atoms with van der Waals surface area (Å²) in [7, 11) is 0. The van der Waals surface area contributed by atoms with Crippen LogP contribution in [0.25, 0.3) is 28.0 Å². The maximum absolute atomic E-state index is 14.8. The van der Waals surface area contributed by atoms with Crippen LogP contribution in [0.3, 0.4) is 0 Å². The number of hydrogen-bond acceptors (Lipinski definition) is 5. The van der Waals surface area contributed by atoms with Gasteiger partial charge in [-0.05, 0) is 44.0 Å². The zero-order chi connectivity index (χ0) is 24.0. The molecule has 0 unspecified atom stereocenters. The molecule has 0 aliphatic heterocycles. The molecule has 1 aliphatic rings. The van der Waals surface area contributed by atoms with Crippen LogP contribution in [0.5, 0.6) is 0 Å². The van der Waals surface area contributed by atoms with Crippen LogP contribution >= 0.6 is 0 Å². The molecule has 9 heteroatoms. The fraction of sp³-hybridized carbons (Fsp3) is 0.200. The summed E-state index contributed by atoms with van der Waals surface area (Å²) in [5, 5.41) is 12.1. The predicted octanol–water partition coefficient (Wildman–Crippen LogP) is 4.56. The monoisotopic (exact) mass is 460 g/mol. The van der Waals surface area contributed by atoms with Gasteiger partial charge in [0.15, 0.2) is 11.2 Å². The number of H-pyrrole nitrogens is 1. The third-order valence-corrected chi connectivity index (χ3v) is 5.76. The molecule has 0 amide bonds. The summed E-state index contributed by atoms with van der Waals surface area (Å²) in [5.74, 6) is -2.29. The fourth-order valence-electron chi connectivity index (χ4n) is 4.01. The van der Waals surface area contributed by atoms with Crippen molar-refractivity contribution >= 4 is 11.6 Å². The Kier molecular flexibility index (Phi) is 5.21. The SMILES string of the molecule is CCOC(=O)c1c(-c2ccc(C#N)cc2)nc2c(-c3ccc(F)cc3F)c(C3CC3)[nH]n2c1=O. The van der Waals surface area contributed by atoms with Crippen molar-refractivity contribution in [2.24, 2.45) is 0 Å².